The second-order valence-electron chi connectivity index (χ2n) is 6.01. The number of hydrogen-bond donors (Lipinski definition) is 0. The van der Waals surface area contributed by atoms with Gasteiger partial charge in [0.15, 0.2) is 5.78 Å². The summed E-state index contributed by atoms with van der Waals surface area (Å²) in [5, 5.41) is 0. The Labute approximate surface area is 128 Å². The molecule has 0 aromatic heterocycles. The van der Waals surface area contributed by atoms with Gasteiger partial charge in [-0.25, -0.2) is 0 Å². The minimum absolute atomic E-state index is 0.114. The largest absolute Gasteiger partial charge is 0.289 e. The van der Waals surface area contributed by atoms with E-state index in [0.29, 0.717) is 5.92 Å². The van der Waals surface area contributed by atoms with E-state index in [4.69, 9.17) is 0 Å². The molecule has 0 amide bonds. The standard InChI is InChI=1S/C20H24O/c1-5-6-17-13-18(11-12-19(17)14(2)3)20(21)16-9-7-15(4)8-10-16/h7-14H,5-6H2,1-4H3. The quantitative estimate of drug-likeness (QED) is 0.679. The van der Waals surface area contributed by atoms with Crippen molar-refractivity contribution in [1.82, 2.24) is 0 Å². The molecule has 0 N–H and O–H groups in total. The molecule has 0 saturated heterocycles. The van der Waals surface area contributed by atoms with Crippen LogP contribution in [-0.4, -0.2) is 5.78 Å². The van der Waals surface area contributed by atoms with Crippen molar-refractivity contribution in [1.29, 1.82) is 0 Å². The number of carbonyl (C=O) groups excluding carboxylic acids is 1. The summed E-state index contributed by atoms with van der Waals surface area (Å²) in [5.41, 5.74) is 5.41. The average molecular weight is 280 g/mol. The third kappa shape index (κ3) is 3.60. The number of aryl methyl sites for hydroxylation is 2. The summed E-state index contributed by atoms with van der Waals surface area (Å²) >= 11 is 0. The van der Waals surface area contributed by atoms with Crippen molar-refractivity contribution in [2.45, 2.75) is 46.5 Å². The summed E-state index contributed by atoms with van der Waals surface area (Å²) in [4.78, 5) is 12.6. The van der Waals surface area contributed by atoms with Crippen LogP contribution in [0.1, 0.15) is 65.7 Å². The van der Waals surface area contributed by atoms with E-state index in [1.807, 2.05) is 37.3 Å². The molecule has 0 aliphatic heterocycles. The molecular weight excluding hydrogens is 256 g/mol. The van der Waals surface area contributed by atoms with E-state index in [-0.39, 0.29) is 5.78 Å². The molecule has 0 aliphatic carbocycles. The lowest BCUT2D eigenvalue weighted by Crippen LogP contribution is -2.05. The Bertz CT molecular complexity index is 621. The van der Waals surface area contributed by atoms with Crippen molar-refractivity contribution in [3.63, 3.8) is 0 Å². The smallest absolute Gasteiger partial charge is 0.193 e. The second-order valence-corrected chi connectivity index (χ2v) is 6.01. The fraction of sp³-hybridized carbons (Fsp3) is 0.350. The summed E-state index contributed by atoms with van der Waals surface area (Å²) in [5.74, 6) is 0.609. The average Bonchev–Trinajstić information content (AvgIpc) is 2.47. The summed E-state index contributed by atoms with van der Waals surface area (Å²) < 4.78 is 0. The van der Waals surface area contributed by atoms with Gasteiger partial charge >= 0.3 is 0 Å². The van der Waals surface area contributed by atoms with Crippen molar-refractivity contribution in [2.24, 2.45) is 0 Å². The monoisotopic (exact) mass is 280 g/mol. The van der Waals surface area contributed by atoms with E-state index >= 15 is 0 Å². The first kappa shape index (κ1) is 15.5. The van der Waals surface area contributed by atoms with E-state index in [0.717, 1.165) is 24.0 Å². The van der Waals surface area contributed by atoms with Crippen LogP contribution in [0.5, 0.6) is 0 Å². The van der Waals surface area contributed by atoms with E-state index < -0.39 is 0 Å². The lowest BCUT2D eigenvalue weighted by molar-refractivity contribution is 0.103. The fourth-order valence-corrected chi connectivity index (χ4v) is 2.67. The molecule has 2 aromatic rings. The Balaban J connectivity index is 2.37. The zero-order chi connectivity index (χ0) is 15.4. The highest BCUT2D eigenvalue weighted by molar-refractivity contribution is 6.09. The van der Waals surface area contributed by atoms with Gasteiger partial charge in [-0.2, -0.15) is 0 Å². The van der Waals surface area contributed by atoms with E-state index in [1.165, 1.54) is 16.7 Å². The molecule has 0 saturated carbocycles. The normalized spacial score (nSPS) is 10.9. The van der Waals surface area contributed by atoms with Crippen LogP contribution in [0.25, 0.3) is 0 Å². The number of rotatable bonds is 5. The predicted octanol–water partition coefficient (Wildman–Crippen LogP) is 5.30. The molecule has 2 aromatic carbocycles. The van der Waals surface area contributed by atoms with Gasteiger partial charge in [-0.1, -0.05) is 69.2 Å². The zero-order valence-corrected chi connectivity index (χ0v) is 13.4. The van der Waals surface area contributed by atoms with Gasteiger partial charge in [-0.15, -0.1) is 0 Å². The number of hydrogen-bond acceptors (Lipinski definition) is 1. The minimum Gasteiger partial charge on any atom is -0.289 e. The Kier molecular flexibility index (Phi) is 4.95. The molecule has 21 heavy (non-hydrogen) atoms. The third-order valence-corrected chi connectivity index (χ3v) is 3.86. The highest BCUT2D eigenvalue weighted by Crippen LogP contribution is 2.23. The Morgan fingerprint density at radius 3 is 2.19 bits per heavy atom. The maximum absolute atomic E-state index is 12.6. The molecule has 0 bridgehead atoms. The Morgan fingerprint density at radius 1 is 1.00 bits per heavy atom. The first-order valence-electron chi connectivity index (χ1n) is 7.77. The van der Waals surface area contributed by atoms with Gasteiger partial charge in [-0.3, -0.25) is 4.79 Å². The van der Waals surface area contributed by atoms with Crippen molar-refractivity contribution in [2.75, 3.05) is 0 Å². The molecule has 0 heterocycles. The Hall–Kier alpha value is -1.89. The van der Waals surface area contributed by atoms with Crippen molar-refractivity contribution in [3.05, 3.63) is 70.3 Å². The van der Waals surface area contributed by atoms with E-state index in [2.05, 4.69) is 32.9 Å². The molecule has 0 unspecified atom stereocenters. The highest BCUT2D eigenvalue weighted by atomic mass is 16.1. The molecule has 0 fully saturated rings. The molecule has 2 rings (SSSR count). The first-order chi connectivity index (χ1) is 10.0. The number of carbonyl (C=O) groups is 1. The highest BCUT2D eigenvalue weighted by Gasteiger charge is 2.13. The summed E-state index contributed by atoms with van der Waals surface area (Å²) in [6.07, 6.45) is 2.13. The molecule has 1 nitrogen and oxygen atoms in total. The van der Waals surface area contributed by atoms with Gasteiger partial charge < -0.3 is 0 Å². The lowest BCUT2D eigenvalue weighted by atomic mass is 9.91. The van der Waals surface area contributed by atoms with Crippen LogP contribution in [0.15, 0.2) is 42.5 Å². The molecule has 1 heteroatoms. The summed E-state index contributed by atoms with van der Waals surface area (Å²) in [6.45, 7) is 8.62. The summed E-state index contributed by atoms with van der Waals surface area (Å²) in [6, 6.07) is 14.0. The number of benzene rings is 2. The molecule has 110 valence electrons. The van der Waals surface area contributed by atoms with Crippen molar-refractivity contribution >= 4 is 5.78 Å². The fourth-order valence-electron chi connectivity index (χ4n) is 2.67. The van der Waals surface area contributed by atoms with E-state index in [1.54, 1.807) is 0 Å². The van der Waals surface area contributed by atoms with Crippen molar-refractivity contribution in [3.8, 4) is 0 Å². The molecule has 0 spiro atoms. The van der Waals surface area contributed by atoms with Crippen LogP contribution >= 0.6 is 0 Å². The number of ketones is 1. The second kappa shape index (κ2) is 6.71. The maximum atomic E-state index is 12.6. The van der Waals surface area contributed by atoms with Gasteiger partial charge in [0.05, 0.1) is 0 Å². The SMILES string of the molecule is CCCc1cc(C(=O)c2ccc(C)cc2)ccc1C(C)C. The van der Waals surface area contributed by atoms with Gasteiger partial charge in [0.2, 0.25) is 0 Å². The van der Waals surface area contributed by atoms with Crippen LogP contribution in [0.4, 0.5) is 0 Å². The topological polar surface area (TPSA) is 17.1 Å². The summed E-state index contributed by atoms with van der Waals surface area (Å²) in [7, 11) is 0. The minimum atomic E-state index is 0.114. The van der Waals surface area contributed by atoms with Crippen LogP contribution in [0.3, 0.4) is 0 Å². The maximum Gasteiger partial charge on any atom is 0.193 e. The predicted molar refractivity (Wildman–Crippen MR) is 89.1 cm³/mol. The van der Waals surface area contributed by atoms with Gasteiger partial charge in [-0.05, 0) is 36.5 Å². The lowest BCUT2D eigenvalue weighted by Gasteiger charge is -2.14. The van der Waals surface area contributed by atoms with Gasteiger partial charge in [0.1, 0.15) is 0 Å². The molecule has 0 atom stereocenters. The van der Waals surface area contributed by atoms with Crippen molar-refractivity contribution < 1.29 is 4.79 Å². The van der Waals surface area contributed by atoms with Gasteiger partial charge in [0.25, 0.3) is 0 Å². The zero-order valence-electron chi connectivity index (χ0n) is 13.4. The van der Waals surface area contributed by atoms with Crippen LogP contribution < -0.4 is 0 Å². The first-order valence-corrected chi connectivity index (χ1v) is 7.77. The molecular formula is C20H24O. The van der Waals surface area contributed by atoms with E-state index in [9.17, 15) is 4.79 Å². The van der Waals surface area contributed by atoms with Crippen LogP contribution in [0.2, 0.25) is 0 Å². The van der Waals surface area contributed by atoms with Gasteiger partial charge in [0, 0.05) is 11.1 Å². The molecule has 0 radical (unpaired) electrons. The Morgan fingerprint density at radius 2 is 1.62 bits per heavy atom. The third-order valence-electron chi connectivity index (χ3n) is 3.86. The van der Waals surface area contributed by atoms with Crippen LogP contribution in [0, 0.1) is 6.92 Å². The molecule has 0 aliphatic rings. The van der Waals surface area contributed by atoms with Crippen LogP contribution in [-0.2, 0) is 6.42 Å².